The zero-order valence-electron chi connectivity index (χ0n) is 6.50. The number of ketones is 1. The van der Waals surface area contributed by atoms with Crippen molar-refractivity contribution >= 4 is 5.78 Å². The molecular formula is C9H11NO. The molecular weight excluding hydrogens is 138 g/mol. The van der Waals surface area contributed by atoms with Gasteiger partial charge in [-0.1, -0.05) is 6.92 Å². The zero-order chi connectivity index (χ0) is 8.10. The van der Waals surface area contributed by atoms with Gasteiger partial charge in [0, 0.05) is 24.4 Å². The number of allylic oxidation sites excluding steroid dienone is 4. The van der Waals surface area contributed by atoms with Crippen LogP contribution in [0.4, 0.5) is 0 Å². The summed E-state index contributed by atoms with van der Waals surface area (Å²) in [5.74, 6) is 0.176. The van der Waals surface area contributed by atoms with Crippen molar-refractivity contribution in [3.05, 3.63) is 36.2 Å². The molecule has 1 N–H and O–H groups in total. The maximum atomic E-state index is 11.1. The maximum Gasteiger partial charge on any atom is 0.162 e. The summed E-state index contributed by atoms with van der Waals surface area (Å²) in [6.07, 6.45) is 9.51. The predicted molar refractivity (Wildman–Crippen MR) is 44.8 cm³/mol. The van der Waals surface area contributed by atoms with E-state index in [2.05, 4.69) is 5.32 Å². The molecule has 11 heavy (non-hydrogen) atoms. The SMILES string of the molecule is CCC(=O)C1=CC=CNC=C1. The minimum Gasteiger partial charge on any atom is -0.368 e. The van der Waals surface area contributed by atoms with Crippen molar-refractivity contribution in [1.82, 2.24) is 5.32 Å². The molecule has 2 heteroatoms. The Bertz CT molecular complexity index is 236. The monoisotopic (exact) mass is 149 g/mol. The van der Waals surface area contributed by atoms with E-state index in [9.17, 15) is 4.79 Å². The summed E-state index contributed by atoms with van der Waals surface area (Å²) in [5, 5.41) is 2.89. The molecule has 0 aliphatic carbocycles. The number of hydrogen-bond donors (Lipinski definition) is 1. The van der Waals surface area contributed by atoms with Crippen LogP contribution in [0.5, 0.6) is 0 Å². The van der Waals surface area contributed by atoms with Crippen LogP contribution in [0.3, 0.4) is 0 Å². The molecule has 0 atom stereocenters. The molecule has 0 aromatic heterocycles. The van der Waals surface area contributed by atoms with E-state index < -0.39 is 0 Å². The fourth-order valence-electron chi connectivity index (χ4n) is 0.846. The van der Waals surface area contributed by atoms with Gasteiger partial charge in [-0.05, 0) is 18.2 Å². The zero-order valence-corrected chi connectivity index (χ0v) is 6.50. The Morgan fingerprint density at radius 2 is 2.36 bits per heavy atom. The van der Waals surface area contributed by atoms with Crippen LogP contribution in [0.2, 0.25) is 0 Å². The molecule has 0 aromatic rings. The van der Waals surface area contributed by atoms with Crippen LogP contribution in [0, 0.1) is 0 Å². The Kier molecular flexibility index (Phi) is 2.66. The van der Waals surface area contributed by atoms with Gasteiger partial charge in [-0.2, -0.15) is 0 Å². The summed E-state index contributed by atoms with van der Waals surface area (Å²) >= 11 is 0. The van der Waals surface area contributed by atoms with Crippen molar-refractivity contribution in [2.75, 3.05) is 0 Å². The normalized spacial score (nSPS) is 15.2. The van der Waals surface area contributed by atoms with Crippen molar-refractivity contribution in [3.63, 3.8) is 0 Å². The van der Waals surface area contributed by atoms with Crippen molar-refractivity contribution in [3.8, 4) is 0 Å². The molecule has 0 saturated heterocycles. The van der Waals surface area contributed by atoms with Gasteiger partial charge in [0.05, 0.1) is 0 Å². The highest BCUT2D eigenvalue weighted by Crippen LogP contribution is 2.03. The van der Waals surface area contributed by atoms with Crippen molar-refractivity contribution < 1.29 is 4.79 Å². The first-order chi connectivity index (χ1) is 5.34. The van der Waals surface area contributed by atoms with Crippen LogP contribution in [0.15, 0.2) is 36.2 Å². The van der Waals surface area contributed by atoms with Gasteiger partial charge in [0.25, 0.3) is 0 Å². The van der Waals surface area contributed by atoms with Crippen molar-refractivity contribution in [2.45, 2.75) is 13.3 Å². The van der Waals surface area contributed by atoms with E-state index in [-0.39, 0.29) is 5.78 Å². The van der Waals surface area contributed by atoms with E-state index in [0.717, 1.165) is 5.57 Å². The molecule has 0 radical (unpaired) electrons. The lowest BCUT2D eigenvalue weighted by molar-refractivity contribution is -0.114. The molecule has 1 aliphatic heterocycles. The fraction of sp³-hybridized carbons (Fsp3) is 0.222. The molecule has 0 saturated carbocycles. The number of nitrogens with one attached hydrogen (secondary N) is 1. The van der Waals surface area contributed by atoms with Gasteiger partial charge < -0.3 is 5.32 Å². The summed E-state index contributed by atoms with van der Waals surface area (Å²) in [6.45, 7) is 1.86. The molecule has 1 aliphatic rings. The maximum absolute atomic E-state index is 11.1. The van der Waals surface area contributed by atoms with Crippen molar-refractivity contribution in [2.24, 2.45) is 0 Å². The van der Waals surface area contributed by atoms with Gasteiger partial charge in [-0.3, -0.25) is 4.79 Å². The summed E-state index contributed by atoms with van der Waals surface area (Å²) in [7, 11) is 0. The molecule has 1 heterocycles. The number of rotatable bonds is 2. The summed E-state index contributed by atoms with van der Waals surface area (Å²) < 4.78 is 0. The first-order valence-corrected chi connectivity index (χ1v) is 3.67. The van der Waals surface area contributed by atoms with Crippen LogP contribution in [0.1, 0.15) is 13.3 Å². The highest BCUT2D eigenvalue weighted by atomic mass is 16.1. The highest BCUT2D eigenvalue weighted by Gasteiger charge is 2.01. The van der Waals surface area contributed by atoms with Crippen LogP contribution >= 0.6 is 0 Å². The minimum atomic E-state index is 0.176. The molecule has 2 nitrogen and oxygen atoms in total. The Morgan fingerprint density at radius 3 is 3.09 bits per heavy atom. The third-order valence-corrected chi connectivity index (χ3v) is 1.47. The summed E-state index contributed by atoms with van der Waals surface area (Å²) in [6, 6.07) is 0. The number of Topliss-reactive ketones (excluding diaryl/α,β-unsaturated/α-hetero) is 1. The minimum absolute atomic E-state index is 0.176. The van der Waals surface area contributed by atoms with Gasteiger partial charge >= 0.3 is 0 Å². The average Bonchev–Trinajstić information content (AvgIpc) is 2.30. The fourth-order valence-corrected chi connectivity index (χ4v) is 0.846. The highest BCUT2D eigenvalue weighted by molar-refractivity contribution is 5.98. The lowest BCUT2D eigenvalue weighted by atomic mass is 10.1. The molecule has 0 unspecified atom stereocenters. The number of carbonyl (C=O) groups is 1. The standard InChI is InChI=1S/C9H11NO/c1-2-9(11)8-4-3-6-10-7-5-8/h3-7,10H,2H2,1H3. The average molecular weight is 149 g/mol. The number of hydrogen-bond acceptors (Lipinski definition) is 2. The molecule has 0 bridgehead atoms. The lowest BCUT2D eigenvalue weighted by Crippen LogP contribution is -1.97. The molecule has 0 amide bonds. The Hall–Kier alpha value is -1.31. The van der Waals surface area contributed by atoms with Crippen LogP contribution in [0.25, 0.3) is 0 Å². The topological polar surface area (TPSA) is 29.1 Å². The molecule has 0 spiro atoms. The summed E-state index contributed by atoms with van der Waals surface area (Å²) in [4.78, 5) is 11.1. The van der Waals surface area contributed by atoms with Gasteiger partial charge in [0.2, 0.25) is 0 Å². The number of carbonyl (C=O) groups excluding carboxylic acids is 1. The van der Waals surface area contributed by atoms with E-state index in [0.29, 0.717) is 6.42 Å². The van der Waals surface area contributed by atoms with Crippen LogP contribution in [-0.2, 0) is 4.79 Å². The van der Waals surface area contributed by atoms with E-state index >= 15 is 0 Å². The molecule has 0 fully saturated rings. The Morgan fingerprint density at radius 1 is 1.55 bits per heavy atom. The van der Waals surface area contributed by atoms with Gasteiger partial charge in [-0.15, -0.1) is 0 Å². The van der Waals surface area contributed by atoms with E-state index in [4.69, 9.17) is 0 Å². The van der Waals surface area contributed by atoms with E-state index in [1.54, 1.807) is 18.5 Å². The van der Waals surface area contributed by atoms with Gasteiger partial charge in [-0.25, -0.2) is 0 Å². The summed E-state index contributed by atoms with van der Waals surface area (Å²) in [5.41, 5.74) is 0.758. The third-order valence-electron chi connectivity index (χ3n) is 1.47. The smallest absolute Gasteiger partial charge is 0.162 e. The van der Waals surface area contributed by atoms with E-state index in [1.165, 1.54) is 0 Å². The second kappa shape index (κ2) is 3.76. The second-order valence-corrected chi connectivity index (χ2v) is 2.26. The molecule has 58 valence electrons. The Labute approximate surface area is 66.3 Å². The third kappa shape index (κ3) is 2.08. The first-order valence-electron chi connectivity index (χ1n) is 3.67. The van der Waals surface area contributed by atoms with E-state index in [1.807, 2.05) is 19.1 Å². The van der Waals surface area contributed by atoms with Crippen LogP contribution < -0.4 is 5.32 Å². The van der Waals surface area contributed by atoms with Crippen LogP contribution in [-0.4, -0.2) is 5.78 Å². The van der Waals surface area contributed by atoms with Crippen molar-refractivity contribution in [1.29, 1.82) is 0 Å². The quantitative estimate of drug-likeness (QED) is 0.645. The second-order valence-electron chi connectivity index (χ2n) is 2.26. The Balaban J connectivity index is 2.77. The first kappa shape index (κ1) is 7.79. The largest absolute Gasteiger partial charge is 0.368 e. The molecule has 0 aromatic carbocycles. The van der Waals surface area contributed by atoms with Gasteiger partial charge in [0.15, 0.2) is 5.78 Å². The van der Waals surface area contributed by atoms with Gasteiger partial charge in [0.1, 0.15) is 0 Å². The molecule has 1 rings (SSSR count). The predicted octanol–water partition coefficient (Wildman–Crippen LogP) is 1.52. The lowest BCUT2D eigenvalue weighted by Gasteiger charge is -1.93.